The Morgan fingerprint density at radius 2 is 2.06 bits per heavy atom. The summed E-state index contributed by atoms with van der Waals surface area (Å²) in [4.78, 5) is 25.4. The smallest absolute Gasteiger partial charge is 0.269 e. The second-order valence-electron chi connectivity index (χ2n) is 6.98. The lowest BCUT2D eigenvalue weighted by Gasteiger charge is -2.18. The third-order valence-electron chi connectivity index (χ3n) is 4.68. The molecule has 0 bridgehead atoms. The van der Waals surface area contributed by atoms with Crippen LogP contribution in [0.3, 0.4) is 0 Å². The van der Waals surface area contributed by atoms with Gasteiger partial charge in [0.15, 0.2) is 5.65 Å². The molecule has 3 aromatic heterocycles. The first kappa shape index (κ1) is 24.3. The summed E-state index contributed by atoms with van der Waals surface area (Å²) in [6.45, 7) is -0.397. The Morgan fingerprint density at radius 3 is 2.80 bits per heavy atom. The molecule has 4 aromatic rings. The van der Waals surface area contributed by atoms with Crippen LogP contribution in [-0.2, 0) is 9.53 Å². The van der Waals surface area contributed by atoms with Gasteiger partial charge in [-0.15, -0.1) is 0 Å². The number of rotatable bonds is 9. The fourth-order valence-electron chi connectivity index (χ4n) is 3.11. The van der Waals surface area contributed by atoms with E-state index in [1.807, 2.05) is 0 Å². The zero-order valence-electron chi connectivity index (χ0n) is 17.9. The van der Waals surface area contributed by atoms with Gasteiger partial charge in [-0.05, 0) is 24.3 Å². The SMILES string of the molecule is N#Cc1cccc(Cl)c1-n1ncc2c(OC(COCCO)C(=O)Nc3ccc(Cl)cn3)ncnc21. The van der Waals surface area contributed by atoms with Crippen LogP contribution in [0.4, 0.5) is 5.82 Å². The number of benzene rings is 1. The third-order valence-corrected chi connectivity index (χ3v) is 5.21. The van der Waals surface area contributed by atoms with Gasteiger partial charge in [-0.2, -0.15) is 10.4 Å². The highest BCUT2D eigenvalue weighted by molar-refractivity contribution is 6.32. The number of anilines is 1. The van der Waals surface area contributed by atoms with Crippen LogP contribution in [-0.4, -0.2) is 61.7 Å². The largest absolute Gasteiger partial charge is 0.461 e. The number of aromatic nitrogens is 5. The monoisotopic (exact) mass is 513 g/mol. The van der Waals surface area contributed by atoms with Gasteiger partial charge in [0, 0.05) is 6.20 Å². The van der Waals surface area contributed by atoms with Crippen LogP contribution in [0.5, 0.6) is 5.88 Å². The van der Waals surface area contributed by atoms with Gasteiger partial charge in [0.05, 0.1) is 41.6 Å². The van der Waals surface area contributed by atoms with Gasteiger partial charge in [-0.1, -0.05) is 29.3 Å². The number of aliphatic hydroxyl groups is 1. The van der Waals surface area contributed by atoms with Crippen LogP contribution < -0.4 is 10.1 Å². The van der Waals surface area contributed by atoms with Crippen LogP contribution in [0, 0.1) is 11.3 Å². The van der Waals surface area contributed by atoms with Crippen molar-refractivity contribution in [3.8, 4) is 17.6 Å². The molecule has 1 aromatic carbocycles. The molecule has 0 aliphatic rings. The Bertz CT molecular complexity index is 1390. The van der Waals surface area contributed by atoms with Crippen LogP contribution in [0.15, 0.2) is 49.1 Å². The van der Waals surface area contributed by atoms with Crippen LogP contribution in [0.1, 0.15) is 5.56 Å². The summed E-state index contributed by atoms with van der Waals surface area (Å²) < 4.78 is 12.6. The predicted octanol–water partition coefficient (Wildman–Crippen LogP) is 2.78. The Kier molecular flexibility index (Phi) is 7.69. The van der Waals surface area contributed by atoms with Crippen molar-refractivity contribution in [2.75, 3.05) is 25.1 Å². The number of hydrogen-bond acceptors (Lipinski definition) is 9. The van der Waals surface area contributed by atoms with Gasteiger partial charge in [0.1, 0.15) is 29.3 Å². The molecule has 0 spiro atoms. The number of aliphatic hydroxyl groups excluding tert-OH is 1. The normalized spacial score (nSPS) is 11.7. The molecule has 0 radical (unpaired) electrons. The quantitative estimate of drug-likeness (QED) is 0.322. The van der Waals surface area contributed by atoms with Crippen molar-refractivity contribution in [2.24, 2.45) is 0 Å². The molecule has 0 aliphatic heterocycles. The summed E-state index contributed by atoms with van der Waals surface area (Å²) in [6, 6.07) is 10.1. The number of hydrogen-bond donors (Lipinski definition) is 2. The molecule has 178 valence electrons. The number of para-hydroxylation sites is 1. The first-order valence-electron chi connectivity index (χ1n) is 10.2. The number of carbonyl (C=O) groups excluding carboxylic acids is 1. The second kappa shape index (κ2) is 11.1. The molecule has 1 unspecified atom stereocenters. The van der Waals surface area contributed by atoms with E-state index < -0.39 is 12.0 Å². The van der Waals surface area contributed by atoms with E-state index in [0.29, 0.717) is 32.3 Å². The summed E-state index contributed by atoms with van der Waals surface area (Å²) in [5, 5.41) is 26.6. The summed E-state index contributed by atoms with van der Waals surface area (Å²) >= 11 is 12.2. The van der Waals surface area contributed by atoms with Gasteiger partial charge in [0.25, 0.3) is 5.91 Å². The number of pyridine rings is 1. The lowest BCUT2D eigenvalue weighted by Crippen LogP contribution is -2.37. The molecule has 4 rings (SSSR count). The molecule has 0 saturated carbocycles. The van der Waals surface area contributed by atoms with Crippen molar-refractivity contribution in [3.63, 3.8) is 0 Å². The van der Waals surface area contributed by atoms with Crippen LogP contribution >= 0.6 is 23.2 Å². The molecule has 0 saturated heterocycles. The van der Waals surface area contributed by atoms with Crippen molar-refractivity contribution < 1.29 is 19.4 Å². The maximum atomic E-state index is 12.9. The van der Waals surface area contributed by atoms with E-state index in [1.54, 1.807) is 24.3 Å². The van der Waals surface area contributed by atoms with Crippen molar-refractivity contribution >= 4 is 46.0 Å². The third kappa shape index (κ3) is 5.47. The topological polar surface area (TPSA) is 148 Å². The van der Waals surface area contributed by atoms with E-state index >= 15 is 0 Å². The van der Waals surface area contributed by atoms with Crippen LogP contribution in [0.25, 0.3) is 16.7 Å². The summed E-state index contributed by atoms with van der Waals surface area (Å²) in [6.07, 6.45) is 2.92. The number of ether oxygens (including phenoxy) is 2. The van der Waals surface area contributed by atoms with Gasteiger partial charge in [-0.3, -0.25) is 4.79 Å². The fourth-order valence-corrected chi connectivity index (χ4v) is 3.48. The van der Waals surface area contributed by atoms with E-state index in [1.165, 1.54) is 29.5 Å². The Morgan fingerprint density at radius 1 is 1.20 bits per heavy atom. The molecule has 35 heavy (non-hydrogen) atoms. The molecule has 2 N–H and O–H groups in total. The Labute approximate surface area is 208 Å². The molecular formula is C22H17Cl2N7O4. The number of nitrogens with zero attached hydrogens (tertiary/aromatic N) is 6. The first-order chi connectivity index (χ1) is 17.0. The van der Waals surface area contributed by atoms with E-state index in [-0.39, 0.29) is 31.5 Å². The standard InChI is InChI=1S/C22H17Cl2N7O4/c23-14-4-5-18(26-9-14)30-21(33)17(11-34-7-6-32)35-22-15-10-29-31(20(15)27-12-28-22)19-13(8-25)2-1-3-16(19)24/h1-5,9-10,12,17,32H,6-7,11H2,(H,26,30,33). The fraction of sp³-hybridized carbons (Fsp3) is 0.182. The second-order valence-corrected chi connectivity index (χ2v) is 7.82. The molecule has 0 aliphatic carbocycles. The molecular weight excluding hydrogens is 497 g/mol. The Hall–Kier alpha value is -3.82. The van der Waals surface area contributed by atoms with E-state index in [2.05, 4.69) is 31.4 Å². The summed E-state index contributed by atoms with van der Waals surface area (Å²) in [5.74, 6) is -0.239. The Balaban J connectivity index is 1.65. The van der Waals surface area contributed by atoms with Crippen molar-refractivity contribution in [3.05, 3.63) is 64.7 Å². The van der Waals surface area contributed by atoms with E-state index in [9.17, 15) is 10.1 Å². The zero-order chi connectivity index (χ0) is 24.8. The molecule has 1 amide bonds. The lowest BCUT2D eigenvalue weighted by molar-refractivity contribution is -0.125. The minimum Gasteiger partial charge on any atom is -0.461 e. The minimum absolute atomic E-state index is 0.00684. The predicted molar refractivity (Wildman–Crippen MR) is 127 cm³/mol. The average molecular weight is 514 g/mol. The highest BCUT2D eigenvalue weighted by atomic mass is 35.5. The van der Waals surface area contributed by atoms with E-state index in [4.69, 9.17) is 37.8 Å². The zero-order valence-corrected chi connectivity index (χ0v) is 19.4. The van der Waals surface area contributed by atoms with Crippen molar-refractivity contribution in [1.29, 1.82) is 5.26 Å². The molecule has 13 heteroatoms. The van der Waals surface area contributed by atoms with Crippen molar-refractivity contribution in [1.82, 2.24) is 24.7 Å². The van der Waals surface area contributed by atoms with E-state index in [0.717, 1.165) is 0 Å². The molecule has 1 atom stereocenters. The number of nitrogens with one attached hydrogen (secondary N) is 1. The number of halogens is 2. The van der Waals surface area contributed by atoms with Gasteiger partial charge in [0.2, 0.25) is 12.0 Å². The van der Waals surface area contributed by atoms with Gasteiger partial charge >= 0.3 is 0 Å². The number of fused-ring (bicyclic) bond motifs is 1. The molecule has 3 heterocycles. The number of carbonyl (C=O) groups is 1. The maximum absolute atomic E-state index is 12.9. The maximum Gasteiger partial charge on any atom is 0.269 e. The summed E-state index contributed by atoms with van der Waals surface area (Å²) in [7, 11) is 0. The van der Waals surface area contributed by atoms with Crippen molar-refractivity contribution in [2.45, 2.75) is 6.10 Å². The average Bonchev–Trinajstić information content (AvgIpc) is 3.29. The number of nitriles is 1. The van der Waals surface area contributed by atoms with Gasteiger partial charge < -0.3 is 19.9 Å². The molecule has 11 nitrogen and oxygen atoms in total. The summed E-state index contributed by atoms with van der Waals surface area (Å²) in [5.41, 5.74) is 0.966. The highest BCUT2D eigenvalue weighted by Crippen LogP contribution is 2.29. The van der Waals surface area contributed by atoms with Gasteiger partial charge in [-0.25, -0.2) is 19.6 Å². The lowest BCUT2D eigenvalue weighted by atomic mass is 10.2. The first-order valence-corrected chi connectivity index (χ1v) is 10.9. The number of amides is 1. The van der Waals surface area contributed by atoms with Crippen LogP contribution in [0.2, 0.25) is 10.0 Å². The minimum atomic E-state index is -1.16. The highest BCUT2D eigenvalue weighted by Gasteiger charge is 2.25. The molecule has 0 fully saturated rings.